The highest BCUT2D eigenvalue weighted by Crippen LogP contribution is 2.31. The zero-order valence-electron chi connectivity index (χ0n) is 12.9. The molecule has 2 aliphatic rings. The molecule has 0 unspecified atom stereocenters. The van der Waals surface area contributed by atoms with Crippen LogP contribution in [0.5, 0.6) is 0 Å². The quantitative estimate of drug-likeness (QED) is 0.254. The molecule has 0 radical (unpaired) electrons. The minimum atomic E-state index is -1.99. The Morgan fingerprint density at radius 2 is 1.36 bits per heavy atom. The lowest BCUT2D eigenvalue weighted by atomic mass is 9.90. The summed E-state index contributed by atoms with van der Waals surface area (Å²) < 4.78 is 14.8. The van der Waals surface area contributed by atoms with Gasteiger partial charge in [0.1, 0.15) is 24.4 Å². The zero-order chi connectivity index (χ0) is 19.0. The molecule has 12 nitrogen and oxygen atoms in total. The lowest BCUT2D eigenvalue weighted by Crippen LogP contribution is -2.64. The van der Waals surface area contributed by atoms with Crippen LogP contribution in [0.15, 0.2) is 0 Å². The summed E-state index contributed by atoms with van der Waals surface area (Å²) in [5, 5.41) is 67.0. The molecule has 2 fully saturated rings. The van der Waals surface area contributed by atoms with E-state index >= 15 is 0 Å². The highest BCUT2D eigenvalue weighted by atomic mass is 16.7. The summed E-state index contributed by atoms with van der Waals surface area (Å²) in [6.07, 6.45) is -16.3. The van der Waals surface area contributed by atoms with Gasteiger partial charge in [0.2, 0.25) is 0 Å². The molecule has 2 rings (SSSR count). The van der Waals surface area contributed by atoms with Gasteiger partial charge in [-0.3, -0.25) is 0 Å². The molecule has 144 valence electrons. The van der Waals surface area contributed by atoms with Crippen LogP contribution in [0.25, 0.3) is 0 Å². The van der Waals surface area contributed by atoms with Crippen LogP contribution in [0.1, 0.15) is 6.92 Å². The number of aliphatic hydroxyl groups excluding tert-OH is 5. The molecule has 0 aromatic heterocycles. The molecule has 10 atom stereocenters. The Balaban J connectivity index is 2.22. The van der Waals surface area contributed by atoms with Gasteiger partial charge in [0.05, 0.1) is 6.10 Å². The number of carboxylic acids is 2. The molecule has 12 heteroatoms. The van der Waals surface area contributed by atoms with Gasteiger partial charge in [0.25, 0.3) is 0 Å². The van der Waals surface area contributed by atoms with Crippen molar-refractivity contribution in [3.05, 3.63) is 0 Å². The summed E-state index contributed by atoms with van der Waals surface area (Å²) in [5.74, 6) is -4.09. The molecule has 0 aromatic rings. The van der Waals surface area contributed by atoms with Crippen LogP contribution in [0.3, 0.4) is 0 Å². The molecular formula is C13H20O12. The van der Waals surface area contributed by atoms with Gasteiger partial charge in [0.15, 0.2) is 24.8 Å². The summed E-state index contributed by atoms with van der Waals surface area (Å²) in [6, 6.07) is 0. The molecular weight excluding hydrogens is 348 g/mol. The number of hydrogen-bond acceptors (Lipinski definition) is 10. The summed E-state index contributed by atoms with van der Waals surface area (Å²) >= 11 is 0. The van der Waals surface area contributed by atoms with E-state index in [-0.39, 0.29) is 0 Å². The molecule has 2 saturated heterocycles. The number of aliphatic carboxylic acids is 2. The Morgan fingerprint density at radius 3 is 1.88 bits per heavy atom. The summed E-state index contributed by atoms with van der Waals surface area (Å²) in [4.78, 5) is 22.4. The number of carboxylic acid groups (broad SMARTS) is 2. The molecule has 0 aliphatic carbocycles. The van der Waals surface area contributed by atoms with Crippen LogP contribution in [0.2, 0.25) is 0 Å². The second-order valence-corrected chi connectivity index (χ2v) is 5.97. The Labute approximate surface area is 140 Å². The van der Waals surface area contributed by atoms with E-state index in [2.05, 4.69) is 4.74 Å². The van der Waals surface area contributed by atoms with Crippen LogP contribution in [-0.4, -0.2) is 103 Å². The number of rotatable bonds is 4. The summed E-state index contributed by atoms with van der Waals surface area (Å²) in [6.45, 7) is 1.32. The minimum Gasteiger partial charge on any atom is -0.479 e. The van der Waals surface area contributed by atoms with E-state index in [1.807, 2.05) is 0 Å². The van der Waals surface area contributed by atoms with Crippen molar-refractivity contribution in [1.29, 1.82) is 0 Å². The van der Waals surface area contributed by atoms with Crippen molar-refractivity contribution >= 4 is 11.9 Å². The standard InChI is InChI=1S/C13H20O12/c1-2-3(14)6(17)13(24-7(2)10(18)19)25-8-4(15)5(16)12(22)23-9(8)11(20)21/h2-9,12-17,22H,1H3,(H,18,19)(H,20,21)/t2-,3-,4+,5-,6-,7-,8-,9+,12+,13-/m0/s1. The van der Waals surface area contributed by atoms with Crippen molar-refractivity contribution < 1.29 is 59.5 Å². The first-order valence-corrected chi connectivity index (χ1v) is 7.38. The first kappa shape index (κ1) is 19.9. The normalized spacial score (nSPS) is 48.1. The third-order valence-corrected chi connectivity index (χ3v) is 4.27. The van der Waals surface area contributed by atoms with E-state index in [4.69, 9.17) is 19.7 Å². The fourth-order valence-electron chi connectivity index (χ4n) is 2.75. The van der Waals surface area contributed by atoms with Crippen LogP contribution in [0.4, 0.5) is 0 Å². The van der Waals surface area contributed by atoms with Crippen molar-refractivity contribution in [3.63, 3.8) is 0 Å². The van der Waals surface area contributed by atoms with Crippen LogP contribution in [-0.2, 0) is 23.8 Å². The summed E-state index contributed by atoms with van der Waals surface area (Å²) in [5.41, 5.74) is 0. The third kappa shape index (κ3) is 3.75. The largest absolute Gasteiger partial charge is 0.479 e. The molecule has 0 saturated carbocycles. The lowest BCUT2D eigenvalue weighted by Gasteiger charge is -2.44. The number of carbonyl (C=O) groups is 2. The van der Waals surface area contributed by atoms with Gasteiger partial charge in [-0.05, 0) is 0 Å². The van der Waals surface area contributed by atoms with Crippen LogP contribution in [0, 0.1) is 5.92 Å². The molecule has 0 bridgehead atoms. The molecule has 2 heterocycles. The van der Waals surface area contributed by atoms with E-state index in [0.717, 1.165) is 0 Å². The predicted molar refractivity (Wildman–Crippen MR) is 72.9 cm³/mol. The van der Waals surface area contributed by atoms with E-state index in [1.165, 1.54) is 6.92 Å². The predicted octanol–water partition coefficient (Wildman–Crippen LogP) is -3.94. The smallest absolute Gasteiger partial charge is 0.335 e. The first-order chi connectivity index (χ1) is 11.6. The first-order valence-electron chi connectivity index (χ1n) is 7.38. The van der Waals surface area contributed by atoms with E-state index < -0.39 is 73.2 Å². The Morgan fingerprint density at radius 1 is 0.800 bits per heavy atom. The maximum absolute atomic E-state index is 11.2. The number of ether oxygens (including phenoxy) is 3. The van der Waals surface area contributed by atoms with E-state index in [9.17, 15) is 35.1 Å². The number of hydrogen-bond donors (Lipinski definition) is 7. The zero-order valence-corrected chi connectivity index (χ0v) is 12.9. The van der Waals surface area contributed by atoms with Crippen molar-refractivity contribution in [2.45, 2.75) is 62.2 Å². The molecule has 25 heavy (non-hydrogen) atoms. The Hall–Kier alpha value is -1.38. The monoisotopic (exact) mass is 368 g/mol. The van der Waals surface area contributed by atoms with Gasteiger partial charge in [-0.1, -0.05) is 6.92 Å². The average molecular weight is 368 g/mol. The van der Waals surface area contributed by atoms with Crippen LogP contribution >= 0.6 is 0 Å². The Kier molecular flexibility index (Phi) is 5.96. The average Bonchev–Trinajstić information content (AvgIpc) is 2.54. The SMILES string of the molecule is C[C@H]1[C@H](O)[C@H](O)[C@H](O[C@H]2[C@H](O)[C@H](O)[C@H](O)O[C@H]2C(=O)O)O[C@@H]1C(=O)O. The van der Waals surface area contributed by atoms with Crippen molar-refractivity contribution in [3.8, 4) is 0 Å². The maximum atomic E-state index is 11.2. The molecule has 0 spiro atoms. The van der Waals surface area contributed by atoms with Crippen molar-refractivity contribution in [2.24, 2.45) is 5.92 Å². The molecule has 2 aliphatic heterocycles. The number of aliphatic hydroxyl groups is 5. The van der Waals surface area contributed by atoms with Gasteiger partial charge in [-0.15, -0.1) is 0 Å². The molecule has 0 aromatic carbocycles. The molecule has 0 amide bonds. The Bertz CT molecular complexity index is 511. The van der Waals surface area contributed by atoms with Gasteiger partial charge in [0, 0.05) is 5.92 Å². The highest BCUT2D eigenvalue weighted by Gasteiger charge is 2.52. The van der Waals surface area contributed by atoms with Crippen LogP contribution < -0.4 is 0 Å². The van der Waals surface area contributed by atoms with E-state index in [1.54, 1.807) is 0 Å². The van der Waals surface area contributed by atoms with E-state index in [0.29, 0.717) is 0 Å². The minimum absolute atomic E-state index is 0.998. The van der Waals surface area contributed by atoms with Gasteiger partial charge >= 0.3 is 11.9 Å². The van der Waals surface area contributed by atoms with Crippen molar-refractivity contribution in [1.82, 2.24) is 0 Å². The lowest BCUT2D eigenvalue weighted by molar-refractivity contribution is -0.341. The second-order valence-electron chi connectivity index (χ2n) is 5.97. The second kappa shape index (κ2) is 7.47. The van der Waals surface area contributed by atoms with Gasteiger partial charge in [-0.25, -0.2) is 9.59 Å². The van der Waals surface area contributed by atoms with Gasteiger partial charge < -0.3 is 50.0 Å². The third-order valence-electron chi connectivity index (χ3n) is 4.27. The fourth-order valence-corrected chi connectivity index (χ4v) is 2.75. The molecule has 7 N–H and O–H groups in total. The summed E-state index contributed by atoms with van der Waals surface area (Å²) in [7, 11) is 0. The van der Waals surface area contributed by atoms with Gasteiger partial charge in [-0.2, -0.15) is 0 Å². The topological polar surface area (TPSA) is 203 Å². The fraction of sp³-hybridized carbons (Fsp3) is 0.846. The highest BCUT2D eigenvalue weighted by molar-refractivity contribution is 5.73. The maximum Gasteiger partial charge on any atom is 0.335 e. The van der Waals surface area contributed by atoms with Crippen molar-refractivity contribution in [2.75, 3.05) is 0 Å².